The topological polar surface area (TPSA) is 79.0 Å². The Morgan fingerprint density at radius 1 is 1.29 bits per heavy atom. The van der Waals surface area contributed by atoms with Gasteiger partial charge in [0.15, 0.2) is 0 Å². The number of unbranched alkanes of at least 4 members (excludes halogenated alkanes) is 1. The number of nitrogens with zero attached hydrogens (tertiary/aromatic N) is 2. The van der Waals surface area contributed by atoms with Gasteiger partial charge in [-0.3, -0.25) is 14.5 Å². The van der Waals surface area contributed by atoms with E-state index in [0.717, 1.165) is 23.3 Å². The van der Waals surface area contributed by atoms with Crippen LogP contribution >= 0.6 is 0 Å². The van der Waals surface area contributed by atoms with Gasteiger partial charge >= 0.3 is 6.03 Å². The van der Waals surface area contributed by atoms with Crippen LogP contribution < -0.4 is 10.1 Å². The van der Waals surface area contributed by atoms with E-state index in [-0.39, 0.29) is 12.5 Å². The molecule has 1 fully saturated rings. The quantitative estimate of drug-likeness (QED) is 0.522. The highest BCUT2D eigenvalue weighted by molar-refractivity contribution is 6.09. The minimum atomic E-state index is -1.22. The first-order valence-corrected chi connectivity index (χ1v) is 9.44. The molecule has 0 aliphatic carbocycles. The predicted molar refractivity (Wildman–Crippen MR) is 107 cm³/mol. The number of urea groups is 1. The molecular weight excluding hydrogens is 358 g/mol. The third-order valence-electron chi connectivity index (χ3n) is 4.76. The Hall–Kier alpha value is -2.83. The summed E-state index contributed by atoms with van der Waals surface area (Å²) in [5, 5.41) is 2.72. The van der Waals surface area contributed by atoms with Crippen LogP contribution in [-0.4, -0.2) is 54.4 Å². The first-order valence-electron chi connectivity index (χ1n) is 9.44. The second kappa shape index (κ2) is 8.91. The van der Waals surface area contributed by atoms with E-state index in [1.807, 2.05) is 13.8 Å². The van der Waals surface area contributed by atoms with Gasteiger partial charge in [-0.15, -0.1) is 0 Å². The van der Waals surface area contributed by atoms with Crippen LogP contribution in [0.1, 0.15) is 39.2 Å². The average Bonchev–Trinajstić information content (AvgIpc) is 2.88. The summed E-state index contributed by atoms with van der Waals surface area (Å²) in [5.41, 5.74) is 0.313. The Balaban J connectivity index is 2.10. The molecule has 1 aromatic rings. The molecule has 1 heterocycles. The lowest BCUT2D eigenvalue weighted by Gasteiger charge is -2.23. The second-order valence-electron chi connectivity index (χ2n) is 7.39. The number of rotatable bonds is 9. The number of carbonyl (C=O) groups excluding carboxylic acids is 3. The van der Waals surface area contributed by atoms with E-state index in [4.69, 9.17) is 4.74 Å². The van der Waals surface area contributed by atoms with Crippen LogP contribution in [0.3, 0.4) is 0 Å². The Labute approximate surface area is 166 Å². The van der Waals surface area contributed by atoms with Crippen molar-refractivity contribution in [1.82, 2.24) is 15.1 Å². The van der Waals surface area contributed by atoms with Gasteiger partial charge in [-0.25, -0.2) is 4.79 Å². The number of nitrogens with one attached hydrogen (secondary N) is 1. The Bertz CT molecular complexity index is 759. The zero-order chi connectivity index (χ0) is 20.9. The Morgan fingerprint density at radius 2 is 1.93 bits per heavy atom. The van der Waals surface area contributed by atoms with Gasteiger partial charge in [0.25, 0.3) is 5.91 Å². The SMILES string of the molecule is C=C(C)COc1ccc(C2(C)NC(=O)N(CC(=O)N(C)CCCC)C2=O)cc1. The third kappa shape index (κ3) is 4.71. The number of ether oxygens (including phenoxy) is 1. The van der Waals surface area contributed by atoms with Crippen LogP contribution in [0.4, 0.5) is 4.79 Å². The average molecular weight is 387 g/mol. The van der Waals surface area contributed by atoms with Gasteiger partial charge in [-0.2, -0.15) is 0 Å². The predicted octanol–water partition coefficient (Wildman–Crippen LogP) is 2.67. The summed E-state index contributed by atoms with van der Waals surface area (Å²) in [6, 6.07) is 6.41. The van der Waals surface area contributed by atoms with E-state index in [9.17, 15) is 14.4 Å². The molecule has 4 amide bonds. The van der Waals surface area contributed by atoms with Crippen LogP contribution in [0.5, 0.6) is 5.75 Å². The normalized spacial score (nSPS) is 18.8. The number of carbonyl (C=O) groups is 3. The van der Waals surface area contributed by atoms with E-state index >= 15 is 0 Å². The molecule has 0 radical (unpaired) electrons. The molecule has 28 heavy (non-hydrogen) atoms. The van der Waals surface area contributed by atoms with Gasteiger partial charge in [-0.05, 0) is 43.5 Å². The van der Waals surface area contributed by atoms with Crippen LogP contribution in [0, 0.1) is 0 Å². The van der Waals surface area contributed by atoms with Crippen molar-refractivity contribution in [2.24, 2.45) is 0 Å². The van der Waals surface area contributed by atoms with Gasteiger partial charge < -0.3 is 15.0 Å². The lowest BCUT2D eigenvalue weighted by Crippen LogP contribution is -2.43. The summed E-state index contributed by atoms with van der Waals surface area (Å²) in [4.78, 5) is 40.2. The van der Waals surface area contributed by atoms with Gasteiger partial charge in [0.05, 0.1) is 0 Å². The van der Waals surface area contributed by atoms with Gasteiger partial charge in [-0.1, -0.05) is 32.1 Å². The standard InChI is InChI=1S/C21H29N3O4/c1-6-7-12-23(5)18(25)13-24-19(26)21(4,22-20(24)27)16-8-10-17(11-9-16)28-14-15(2)3/h8-11H,2,6-7,12-14H2,1,3-5H3,(H,22,27). The molecular formula is C21H29N3O4. The first-order chi connectivity index (χ1) is 13.2. The summed E-state index contributed by atoms with van der Waals surface area (Å²) >= 11 is 0. The molecule has 1 unspecified atom stereocenters. The van der Waals surface area contributed by atoms with Crippen molar-refractivity contribution < 1.29 is 19.1 Å². The van der Waals surface area contributed by atoms with Gasteiger partial charge in [0, 0.05) is 13.6 Å². The van der Waals surface area contributed by atoms with Crippen molar-refractivity contribution in [3.8, 4) is 5.75 Å². The fraction of sp³-hybridized carbons (Fsp3) is 0.476. The largest absolute Gasteiger partial charge is 0.489 e. The van der Waals surface area contributed by atoms with E-state index < -0.39 is 17.5 Å². The van der Waals surface area contributed by atoms with Gasteiger partial charge in [0.1, 0.15) is 24.4 Å². The number of amides is 4. The highest BCUT2D eigenvalue weighted by Gasteiger charge is 2.49. The van der Waals surface area contributed by atoms with Crippen LogP contribution in [0.15, 0.2) is 36.4 Å². The number of benzene rings is 1. The second-order valence-corrected chi connectivity index (χ2v) is 7.39. The molecule has 2 rings (SSSR count). The molecule has 1 N–H and O–H groups in total. The van der Waals surface area contributed by atoms with Crippen molar-refractivity contribution in [3.05, 3.63) is 42.0 Å². The maximum atomic E-state index is 12.9. The molecule has 0 aromatic heterocycles. The maximum absolute atomic E-state index is 12.9. The molecule has 0 saturated carbocycles. The number of imide groups is 1. The van der Waals surface area contributed by atoms with E-state index in [0.29, 0.717) is 24.5 Å². The lowest BCUT2D eigenvalue weighted by molar-refractivity contribution is -0.138. The molecule has 1 saturated heterocycles. The number of hydrogen-bond donors (Lipinski definition) is 1. The number of hydrogen-bond acceptors (Lipinski definition) is 4. The summed E-state index contributed by atoms with van der Waals surface area (Å²) in [6.07, 6.45) is 1.84. The van der Waals surface area contributed by atoms with Crippen molar-refractivity contribution >= 4 is 17.8 Å². The Kier molecular flexibility index (Phi) is 6.83. The fourth-order valence-electron chi connectivity index (χ4n) is 2.90. The van der Waals surface area contributed by atoms with E-state index in [2.05, 4.69) is 11.9 Å². The summed E-state index contributed by atoms with van der Waals surface area (Å²) in [6.45, 7) is 10.1. The van der Waals surface area contributed by atoms with Crippen molar-refractivity contribution in [3.63, 3.8) is 0 Å². The molecule has 1 aromatic carbocycles. The maximum Gasteiger partial charge on any atom is 0.325 e. The Morgan fingerprint density at radius 3 is 2.50 bits per heavy atom. The smallest absolute Gasteiger partial charge is 0.325 e. The number of likely N-dealkylation sites (N-methyl/N-ethyl adjacent to an activating group) is 1. The summed E-state index contributed by atoms with van der Waals surface area (Å²) < 4.78 is 5.57. The fourth-order valence-corrected chi connectivity index (χ4v) is 2.90. The van der Waals surface area contributed by atoms with Crippen molar-refractivity contribution in [1.29, 1.82) is 0 Å². The monoisotopic (exact) mass is 387 g/mol. The molecule has 0 bridgehead atoms. The minimum Gasteiger partial charge on any atom is -0.489 e. The summed E-state index contributed by atoms with van der Waals surface area (Å²) in [7, 11) is 1.68. The van der Waals surface area contributed by atoms with E-state index in [1.165, 1.54) is 0 Å². The first kappa shape index (κ1) is 21.5. The van der Waals surface area contributed by atoms with Crippen molar-refractivity contribution in [2.75, 3.05) is 26.7 Å². The zero-order valence-corrected chi connectivity index (χ0v) is 17.1. The summed E-state index contributed by atoms with van der Waals surface area (Å²) in [5.74, 6) is -0.0493. The highest BCUT2D eigenvalue weighted by Crippen LogP contribution is 2.30. The molecule has 0 spiro atoms. The molecule has 7 heteroatoms. The minimum absolute atomic E-state index is 0.259. The van der Waals surface area contributed by atoms with Crippen LogP contribution in [-0.2, 0) is 15.1 Å². The van der Waals surface area contributed by atoms with Crippen molar-refractivity contribution in [2.45, 2.75) is 39.2 Å². The van der Waals surface area contributed by atoms with E-state index in [1.54, 1.807) is 43.1 Å². The lowest BCUT2D eigenvalue weighted by atomic mass is 9.92. The third-order valence-corrected chi connectivity index (χ3v) is 4.76. The van der Waals surface area contributed by atoms with Crippen LogP contribution in [0.25, 0.3) is 0 Å². The molecule has 1 aliphatic heterocycles. The molecule has 7 nitrogen and oxygen atoms in total. The zero-order valence-electron chi connectivity index (χ0n) is 17.1. The molecule has 1 atom stereocenters. The molecule has 152 valence electrons. The highest BCUT2D eigenvalue weighted by atomic mass is 16.5. The van der Waals surface area contributed by atoms with Gasteiger partial charge in [0.2, 0.25) is 5.91 Å². The van der Waals surface area contributed by atoms with Crippen LogP contribution in [0.2, 0.25) is 0 Å². The molecule has 1 aliphatic rings.